The highest BCUT2D eigenvalue weighted by Crippen LogP contribution is 2.45. The Hall–Kier alpha value is -0.340. The summed E-state index contributed by atoms with van der Waals surface area (Å²) < 4.78 is 1.31. The van der Waals surface area contributed by atoms with Crippen LogP contribution in [0.2, 0.25) is 0 Å². The van der Waals surface area contributed by atoms with Gasteiger partial charge in [0.1, 0.15) is 0 Å². The summed E-state index contributed by atoms with van der Waals surface area (Å²) in [5.74, 6) is 0. The van der Waals surface area contributed by atoms with Crippen LogP contribution in [0.25, 0.3) is 0 Å². The van der Waals surface area contributed by atoms with E-state index < -0.39 is 0 Å². The van der Waals surface area contributed by atoms with Crippen LogP contribution >= 0.6 is 15.9 Å². The lowest BCUT2D eigenvalue weighted by atomic mass is 9.67. The van der Waals surface area contributed by atoms with E-state index in [-0.39, 0.29) is 0 Å². The molecule has 0 atom stereocenters. The van der Waals surface area contributed by atoms with Crippen LogP contribution in [0.5, 0.6) is 0 Å². The average Bonchev–Trinajstić information content (AvgIpc) is 2.32. The van der Waals surface area contributed by atoms with Gasteiger partial charge in [-0.1, -0.05) is 34.1 Å². The van der Waals surface area contributed by atoms with E-state index in [1.54, 1.807) is 5.56 Å². The smallest absolute Gasteiger partial charge is 0.0212 e. The summed E-state index contributed by atoms with van der Waals surface area (Å²) in [6.45, 7) is 3.88. The first-order valence-electron chi connectivity index (χ1n) is 5.78. The zero-order chi connectivity index (χ0) is 10.3. The molecule has 3 saturated heterocycles. The van der Waals surface area contributed by atoms with E-state index in [9.17, 15) is 0 Å². The number of nitrogens with zero attached hydrogens (tertiary/aromatic N) is 1. The molecule has 0 aliphatic carbocycles. The summed E-state index contributed by atoms with van der Waals surface area (Å²) in [4.78, 5) is 2.60. The SMILES string of the molecule is Brc1ccccc1C12CCN(CC1)CC2. The van der Waals surface area contributed by atoms with Crippen molar-refractivity contribution in [2.75, 3.05) is 19.6 Å². The number of benzene rings is 1. The van der Waals surface area contributed by atoms with Crippen molar-refractivity contribution >= 4 is 15.9 Å². The van der Waals surface area contributed by atoms with E-state index in [0.29, 0.717) is 5.41 Å². The maximum atomic E-state index is 3.71. The summed E-state index contributed by atoms with van der Waals surface area (Å²) >= 11 is 3.71. The fourth-order valence-electron chi connectivity index (χ4n) is 3.12. The first-order chi connectivity index (χ1) is 7.30. The Morgan fingerprint density at radius 1 is 1.00 bits per heavy atom. The molecule has 3 aliphatic heterocycles. The van der Waals surface area contributed by atoms with Crippen LogP contribution in [-0.2, 0) is 5.41 Å². The van der Waals surface area contributed by atoms with Crippen molar-refractivity contribution < 1.29 is 0 Å². The number of hydrogen-bond donors (Lipinski definition) is 0. The molecule has 1 nitrogen and oxygen atoms in total. The fraction of sp³-hybridized carbons (Fsp3) is 0.538. The van der Waals surface area contributed by atoms with Crippen LogP contribution in [0.1, 0.15) is 24.8 Å². The van der Waals surface area contributed by atoms with Gasteiger partial charge in [0.15, 0.2) is 0 Å². The molecule has 0 saturated carbocycles. The largest absolute Gasteiger partial charge is 0.303 e. The first kappa shape index (κ1) is 9.86. The highest BCUT2D eigenvalue weighted by atomic mass is 79.9. The summed E-state index contributed by atoms with van der Waals surface area (Å²) in [5, 5.41) is 0. The van der Waals surface area contributed by atoms with E-state index >= 15 is 0 Å². The Balaban J connectivity index is 2.01. The molecule has 0 amide bonds. The van der Waals surface area contributed by atoms with Gasteiger partial charge in [0, 0.05) is 9.89 Å². The molecule has 2 heteroatoms. The van der Waals surface area contributed by atoms with Gasteiger partial charge in [-0.25, -0.2) is 0 Å². The number of piperidine rings is 3. The van der Waals surface area contributed by atoms with Crippen molar-refractivity contribution in [3.63, 3.8) is 0 Å². The average molecular weight is 266 g/mol. The Morgan fingerprint density at radius 3 is 2.20 bits per heavy atom. The molecule has 15 heavy (non-hydrogen) atoms. The molecule has 3 aliphatic rings. The number of hydrogen-bond acceptors (Lipinski definition) is 1. The molecule has 1 aromatic rings. The topological polar surface area (TPSA) is 3.24 Å². The number of halogens is 1. The van der Waals surface area contributed by atoms with Gasteiger partial charge in [0.05, 0.1) is 0 Å². The molecule has 0 radical (unpaired) electrons. The minimum atomic E-state index is 0.481. The van der Waals surface area contributed by atoms with Gasteiger partial charge in [-0.2, -0.15) is 0 Å². The van der Waals surface area contributed by atoms with E-state index in [1.807, 2.05) is 0 Å². The third-order valence-electron chi connectivity index (χ3n) is 4.16. The van der Waals surface area contributed by atoms with E-state index in [2.05, 4.69) is 45.1 Å². The van der Waals surface area contributed by atoms with Gasteiger partial charge in [-0.3, -0.25) is 0 Å². The maximum absolute atomic E-state index is 3.71. The van der Waals surface area contributed by atoms with Crippen molar-refractivity contribution in [2.24, 2.45) is 0 Å². The molecule has 3 fully saturated rings. The molecular formula is C13H16BrN. The first-order valence-corrected chi connectivity index (χ1v) is 6.57. The molecule has 3 heterocycles. The summed E-state index contributed by atoms with van der Waals surface area (Å²) in [7, 11) is 0. The lowest BCUT2D eigenvalue weighted by Gasteiger charge is -2.49. The van der Waals surface area contributed by atoms with Crippen molar-refractivity contribution in [2.45, 2.75) is 24.7 Å². The third kappa shape index (κ3) is 1.55. The van der Waals surface area contributed by atoms with Crippen molar-refractivity contribution in [1.82, 2.24) is 4.90 Å². The van der Waals surface area contributed by atoms with Crippen LogP contribution in [-0.4, -0.2) is 24.5 Å². The zero-order valence-electron chi connectivity index (χ0n) is 8.88. The molecule has 4 rings (SSSR count). The number of fused-ring (bicyclic) bond motifs is 3. The standard InChI is InChI=1S/C13H16BrN/c14-12-4-2-1-3-11(12)13-5-8-15(9-6-13)10-7-13/h1-4H,5-10H2. The maximum Gasteiger partial charge on any atom is 0.0212 e. The van der Waals surface area contributed by atoms with E-state index in [4.69, 9.17) is 0 Å². The second kappa shape index (κ2) is 3.60. The fourth-order valence-corrected chi connectivity index (χ4v) is 3.83. The van der Waals surface area contributed by atoms with Gasteiger partial charge in [0.2, 0.25) is 0 Å². The highest BCUT2D eigenvalue weighted by Gasteiger charge is 2.41. The van der Waals surface area contributed by atoms with Crippen LogP contribution in [0.15, 0.2) is 28.7 Å². The Kier molecular flexibility index (Phi) is 2.37. The van der Waals surface area contributed by atoms with Crippen LogP contribution in [0.3, 0.4) is 0 Å². The molecule has 0 spiro atoms. The Labute approximate surface area is 99.6 Å². The lowest BCUT2D eigenvalue weighted by Crippen LogP contribution is -2.50. The van der Waals surface area contributed by atoms with Gasteiger partial charge < -0.3 is 4.90 Å². The Bertz CT molecular complexity index is 353. The molecule has 2 bridgehead atoms. The van der Waals surface area contributed by atoms with E-state index in [0.717, 1.165) is 0 Å². The minimum absolute atomic E-state index is 0.481. The van der Waals surface area contributed by atoms with E-state index in [1.165, 1.54) is 43.4 Å². The predicted molar refractivity (Wildman–Crippen MR) is 66.1 cm³/mol. The molecule has 0 N–H and O–H groups in total. The summed E-state index contributed by atoms with van der Waals surface area (Å²) in [6, 6.07) is 8.79. The monoisotopic (exact) mass is 265 g/mol. The van der Waals surface area contributed by atoms with Crippen molar-refractivity contribution in [3.05, 3.63) is 34.3 Å². The Morgan fingerprint density at radius 2 is 1.60 bits per heavy atom. The molecule has 0 unspecified atom stereocenters. The minimum Gasteiger partial charge on any atom is -0.303 e. The molecule has 80 valence electrons. The second-order valence-corrected chi connectivity index (χ2v) is 5.71. The summed E-state index contributed by atoms with van der Waals surface area (Å²) in [5.41, 5.74) is 2.03. The molecule has 1 aromatic carbocycles. The van der Waals surface area contributed by atoms with Gasteiger partial charge in [-0.15, -0.1) is 0 Å². The normalized spacial score (nSPS) is 34.3. The van der Waals surface area contributed by atoms with Crippen LogP contribution in [0.4, 0.5) is 0 Å². The van der Waals surface area contributed by atoms with Gasteiger partial charge in [-0.05, 0) is 50.5 Å². The van der Waals surface area contributed by atoms with Crippen LogP contribution < -0.4 is 0 Å². The third-order valence-corrected chi connectivity index (χ3v) is 4.86. The summed E-state index contributed by atoms with van der Waals surface area (Å²) in [6.07, 6.45) is 4.03. The number of rotatable bonds is 1. The lowest BCUT2D eigenvalue weighted by molar-refractivity contribution is 0.0813. The second-order valence-electron chi connectivity index (χ2n) is 4.85. The molecule has 0 aromatic heterocycles. The van der Waals surface area contributed by atoms with Crippen LogP contribution in [0, 0.1) is 0 Å². The molecular weight excluding hydrogens is 250 g/mol. The van der Waals surface area contributed by atoms with Gasteiger partial charge >= 0.3 is 0 Å². The highest BCUT2D eigenvalue weighted by molar-refractivity contribution is 9.10. The van der Waals surface area contributed by atoms with Crippen molar-refractivity contribution in [1.29, 1.82) is 0 Å². The van der Waals surface area contributed by atoms with Gasteiger partial charge in [0.25, 0.3) is 0 Å². The van der Waals surface area contributed by atoms with Crippen molar-refractivity contribution in [3.8, 4) is 0 Å². The zero-order valence-corrected chi connectivity index (χ0v) is 10.5. The quantitative estimate of drug-likeness (QED) is 0.754. The predicted octanol–water partition coefficient (Wildman–Crippen LogP) is 3.19.